The van der Waals surface area contributed by atoms with Gasteiger partial charge in [0.2, 0.25) is 11.8 Å². The van der Waals surface area contributed by atoms with E-state index >= 15 is 0 Å². The smallest absolute Gasteiger partial charge is 0.338 e. The van der Waals surface area contributed by atoms with Crippen molar-refractivity contribution in [1.82, 2.24) is 4.90 Å². The van der Waals surface area contributed by atoms with Crippen LogP contribution < -0.4 is 10.1 Å². The van der Waals surface area contributed by atoms with E-state index in [4.69, 9.17) is 9.47 Å². The Labute approximate surface area is 184 Å². The van der Waals surface area contributed by atoms with Crippen molar-refractivity contribution >= 4 is 46.1 Å². The van der Waals surface area contributed by atoms with Gasteiger partial charge in [-0.2, -0.15) is 0 Å². The number of hydrogen-bond donors (Lipinski definition) is 1. The van der Waals surface area contributed by atoms with Crippen LogP contribution in [0.3, 0.4) is 0 Å². The second-order valence-electron chi connectivity index (χ2n) is 6.62. The molecule has 31 heavy (non-hydrogen) atoms. The highest BCUT2D eigenvalue weighted by atomic mass is 32.2. The standard InChI is InChI=1S/C22H23N3O5S/c1-4-30-21(28)14-9-11-15(12-10-14)23-22-25(2)20(27)18(31-22)13-19(26)24-16-7-5-6-8-17(16)29-3/h5-12,18H,4,13H2,1-3H3,(H,24,26)/t18-/m0/s1. The van der Waals surface area contributed by atoms with Crippen LogP contribution in [0.2, 0.25) is 0 Å². The van der Waals surface area contributed by atoms with Crippen LogP contribution >= 0.6 is 11.8 Å². The molecule has 0 unspecified atom stereocenters. The first-order chi connectivity index (χ1) is 14.9. The number of nitrogens with zero attached hydrogens (tertiary/aromatic N) is 2. The van der Waals surface area contributed by atoms with Crippen LogP contribution in [0.25, 0.3) is 0 Å². The molecule has 0 spiro atoms. The zero-order chi connectivity index (χ0) is 22.4. The Balaban J connectivity index is 1.66. The number of rotatable bonds is 7. The topological polar surface area (TPSA) is 97.3 Å². The molecule has 1 atom stereocenters. The third kappa shape index (κ3) is 5.43. The summed E-state index contributed by atoms with van der Waals surface area (Å²) >= 11 is 1.23. The van der Waals surface area contributed by atoms with Gasteiger partial charge in [0.1, 0.15) is 11.0 Å². The van der Waals surface area contributed by atoms with Gasteiger partial charge in [-0.3, -0.25) is 14.5 Å². The monoisotopic (exact) mass is 441 g/mol. The summed E-state index contributed by atoms with van der Waals surface area (Å²) in [6.45, 7) is 2.05. The average Bonchev–Trinajstić information content (AvgIpc) is 3.02. The average molecular weight is 442 g/mol. The Morgan fingerprint density at radius 2 is 1.87 bits per heavy atom. The maximum absolute atomic E-state index is 12.6. The zero-order valence-electron chi connectivity index (χ0n) is 17.5. The highest BCUT2D eigenvalue weighted by molar-refractivity contribution is 8.15. The minimum atomic E-state index is -0.572. The summed E-state index contributed by atoms with van der Waals surface area (Å²) in [6, 6.07) is 13.7. The van der Waals surface area contributed by atoms with E-state index in [0.29, 0.717) is 34.5 Å². The molecule has 0 radical (unpaired) electrons. The number of thioether (sulfide) groups is 1. The van der Waals surface area contributed by atoms with Gasteiger partial charge in [-0.25, -0.2) is 9.79 Å². The number of ether oxygens (including phenoxy) is 2. The van der Waals surface area contributed by atoms with E-state index in [1.165, 1.54) is 23.8 Å². The van der Waals surface area contributed by atoms with Crippen LogP contribution in [-0.4, -0.2) is 53.9 Å². The summed E-state index contributed by atoms with van der Waals surface area (Å²) in [5, 5.41) is 2.70. The first-order valence-corrected chi connectivity index (χ1v) is 10.5. The van der Waals surface area contributed by atoms with Crippen molar-refractivity contribution in [2.45, 2.75) is 18.6 Å². The van der Waals surface area contributed by atoms with Crippen LogP contribution in [0, 0.1) is 0 Å². The SMILES string of the molecule is CCOC(=O)c1ccc(N=C2S[C@@H](CC(=O)Nc3ccccc3OC)C(=O)N2C)cc1. The zero-order valence-corrected chi connectivity index (χ0v) is 18.3. The third-order valence-electron chi connectivity index (χ3n) is 4.50. The van der Waals surface area contributed by atoms with Gasteiger partial charge in [0.15, 0.2) is 5.17 Å². The van der Waals surface area contributed by atoms with E-state index in [9.17, 15) is 14.4 Å². The molecule has 0 saturated carbocycles. The van der Waals surface area contributed by atoms with Crippen LogP contribution in [-0.2, 0) is 14.3 Å². The number of esters is 1. The first-order valence-electron chi connectivity index (χ1n) is 9.66. The van der Waals surface area contributed by atoms with Crippen molar-refractivity contribution in [2.75, 3.05) is 26.1 Å². The van der Waals surface area contributed by atoms with Crippen molar-refractivity contribution in [3.05, 3.63) is 54.1 Å². The van der Waals surface area contributed by atoms with E-state index in [-0.39, 0.29) is 18.2 Å². The molecule has 162 valence electrons. The molecule has 0 bridgehead atoms. The third-order valence-corrected chi connectivity index (χ3v) is 5.72. The fourth-order valence-corrected chi connectivity index (χ4v) is 4.07. The molecule has 3 rings (SSSR count). The number of anilines is 1. The van der Waals surface area contributed by atoms with Crippen molar-refractivity contribution in [1.29, 1.82) is 0 Å². The van der Waals surface area contributed by atoms with Gasteiger partial charge in [-0.05, 0) is 43.3 Å². The molecule has 0 aromatic heterocycles. The highest BCUT2D eigenvalue weighted by Crippen LogP contribution is 2.31. The van der Waals surface area contributed by atoms with Gasteiger partial charge < -0.3 is 14.8 Å². The lowest BCUT2D eigenvalue weighted by Gasteiger charge is -2.11. The molecule has 1 aliphatic heterocycles. The van der Waals surface area contributed by atoms with Crippen molar-refractivity contribution in [3.63, 3.8) is 0 Å². The predicted molar refractivity (Wildman–Crippen MR) is 120 cm³/mol. The van der Waals surface area contributed by atoms with Gasteiger partial charge in [-0.1, -0.05) is 23.9 Å². The maximum Gasteiger partial charge on any atom is 0.338 e. The molecule has 2 aromatic carbocycles. The van der Waals surface area contributed by atoms with E-state index in [2.05, 4.69) is 10.3 Å². The number of carbonyl (C=O) groups excluding carboxylic acids is 3. The number of amidine groups is 1. The van der Waals surface area contributed by atoms with Crippen molar-refractivity contribution < 1.29 is 23.9 Å². The number of para-hydroxylation sites is 2. The summed E-state index contributed by atoms with van der Waals surface area (Å²) in [6.07, 6.45) is 0.00665. The van der Waals surface area contributed by atoms with Crippen LogP contribution in [0.1, 0.15) is 23.7 Å². The number of hydrogen-bond acceptors (Lipinski definition) is 7. The Bertz CT molecular complexity index is 1010. The van der Waals surface area contributed by atoms with E-state index in [0.717, 1.165) is 0 Å². The quantitative estimate of drug-likeness (QED) is 0.661. The van der Waals surface area contributed by atoms with Crippen LogP contribution in [0.5, 0.6) is 5.75 Å². The van der Waals surface area contributed by atoms with E-state index in [1.807, 2.05) is 6.07 Å². The molecule has 1 saturated heterocycles. The number of amides is 2. The minimum Gasteiger partial charge on any atom is -0.495 e. The lowest BCUT2D eigenvalue weighted by atomic mass is 10.2. The number of benzene rings is 2. The van der Waals surface area contributed by atoms with Crippen molar-refractivity contribution in [2.24, 2.45) is 4.99 Å². The second-order valence-corrected chi connectivity index (χ2v) is 7.79. The fraction of sp³-hybridized carbons (Fsp3) is 0.273. The maximum atomic E-state index is 12.6. The Hall–Kier alpha value is -3.33. The van der Waals surface area contributed by atoms with Gasteiger partial charge in [0.25, 0.3) is 0 Å². The summed E-state index contributed by atoms with van der Waals surface area (Å²) in [7, 11) is 3.15. The second kappa shape index (κ2) is 10.1. The van der Waals surface area contributed by atoms with Gasteiger partial charge >= 0.3 is 5.97 Å². The van der Waals surface area contributed by atoms with Gasteiger partial charge in [-0.15, -0.1) is 0 Å². The Morgan fingerprint density at radius 1 is 1.16 bits per heavy atom. The van der Waals surface area contributed by atoms with E-state index < -0.39 is 11.2 Å². The predicted octanol–water partition coefficient (Wildman–Crippen LogP) is 3.46. The molecule has 0 aliphatic carbocycles. The lowest BCUT2D eigenvalue weighted by Crippen LogP contribution is -2.30. The molecule has 1 aliphatic rings. The lowest BCUT2D eigenvalue weighted by molar-refractivity contribution is -0.127. The van der Waals surface area contributed by atoms with Gasteiger partial charge in [0.05, 0.1) is 30.7 Å². The minimum absolute atomic E-state index is 0.00665. The Kier molecular flexibility index (Phi) is 7.30. The highest BCUT2D eigenvalue weighted by Gasteiger charge is 2.37. The summed E-state index contributed by atoms with van der Waals surface area (Å²) in [5.74, 6) is -0.330. The van der Waals surface area contributed by atoms with Crippen LogP contribution in [0.15, 0.2) is 53.5 Å². The number of carbonyl (C=O) groups is 3. The normalized spacial score (nSPS) is 17.0. The van der Waals surface area contributed by atoms with Crippen molar-refractivity contribution in [3.8, 4) is 5.75 Å². The molecule has 2 aromatic rings. The first kappa shape index (κ1) is 22.4. The summed E-state index contributed by atoms with van der Waals surface area (Å²) in [4.78, 5) is 42.7. The van der Waals surface area contributed by atoms with E-state index in [1.54, 1.807) is 56.4 Å². The molecular formula is C22H23N3O5S. The molecule has 2 amide bonds. The summed E-state index contributed by atoms with van der Waals surface area (Å²) in [5.41, 5.74) is 1.57. The van der Waals surface area contributed by atoms with Crippen LogP contribution in [0.4, 0.5) is 11.4 Å². The fourth-order valence-electron chi connectivity index (χ4n) is 2.91. The number of nitrogens with one attached hydrogen (secondary N) is 1. The molecule has 1 fully saturated rings. The molecule has 1 N–H and O–H groups in total. The molecular weight excluding hydrogens is 418 g/mol. The Morgan fingerprint density at radius 3 is 2.55 bits per heavy atom. The largest absolute Gasteiger partial charge is 0.495 e. The molecule has 8 nitrogen and oxygen atoms in total. The number of aliphatic imine (C=N–C) groups is 1. The summed E-state index contributed by atoms with van der Waals surface area (Å²) < 4.78 is 10.2. The molecule has 9 heteroatoms. The van der Waals surface area contributed by atoms with Gasteiger partial charge in [0, 0.05) is 13.5 Å². The number of methoxy groups -OCH3 is 1. The molecule has 1 heterocycles.